The summed E-state index contributed by atoms with van der Waals surface area (Å²) in [5.41, 5.74) is -0.982. The van der Waals surface area contributed by atoms with Crippen molar-refractivity contribution >= 4 is 5.91 Å². The van der Waals surface area contributed by atoms with Crippen LogP contribution in [-0.4, -0.2) is 18.4 Å². The standard InChI is InChI=1S/C6H7F2NO/c7-6(8)4(10)9-3-5(6)1-2-5/h1-3H2,(H,9,10). The van der Waals surface area contributed by atoms with Gasteiger partial charge >= 0.3 is 5.92 Å². The van der Waals surface area contributed by atoms with Gasteiger partial charge < -0.3 is 5.32 Å². The van der Waals surface area contributed by atoms with Crippen LogP contribution in [0.4, 0.5) is 8.78 Å². The van der Waals surface area contributed by atoms with Crippen LogP contribution in [0.25, 0.3) is 0 Å². The number of rotatable bonds is 0. The molecule has 1 amide bonds. The third-order valence-corrected chi connectivity index (χ3v) is 2.39. The molecule has 2 aliphatic rings. The third kappa shape index (κ3) is 0.458. The predicted molar refractivity (Wildman–Crippen MR) is 29.6 cm³/mol. The Labute approximate surface area is 56.6 Å². The van der Waals surface area contributed by atoms with Gasteiger partial charge in [0.25, 0.3) is 5.91 Å². The van der Waals surface area contributed by atoms with Crippen LogP contribution in [0.5, 0.6) is 0 Å². The number of hydrogen-bond donors (Lipinski definition) is 1. The zero-order valence-corrected chi connectivity index (χ0v) is 5.29. The number of halogens is 2. The molecule has 1 spiro atoms. The molecule has 0 unspecified atom stereocenters. The Bertz CT molecular complexity index is 198. The fourth-order valence-electron chi connectivity index (χ4n) is 1.35. The van der Waals surface area contributed by atoms with Crippen molar-refractivity contribution in [1.82, 2.24) is 5.32 Å². The van der Waals surface area contributed by atoms with E-state index in [1.165, 1.54) is 0 Å². The maximum atomic E-state index is 12.8. The lowest BCUT2D eigenvalue weighted by molar-refractivity contribution is -0.146. The summed E-state index contributed by atoms with van der Waals surface area (Å²) in [6.45, 7) is 0.166. The molecule has 56 valence electrons. The van der Waals surface area contributed by atoms with E-state index in [1.807, 2.05) is 0 Å². The summed E-state index contributed by atoms with van der Waals surface area (Å²) in [6, 6.07) is 0. The molecule has 1 saturated carbocycles. The Hall–Kier alpha value is -0.670. The second-order valence-electron chi connectivity index (χ2n) is 3.04. The van der Waals surface area contributed by atoms with E-state index < -0.39 is 17.2 Å². The van der Waals surface area contributed by atoms with Crippen molar-refractivity contribution in [3.8, 4) is 0 Å². The zero-order chi connectivity index (χ0) is 7.41. The van der Waals surface area contributed by atoms with E-state index in [4.69, 9.17) is 0 Å². The Morgan fingerprint density at radius 2 is 2.00 bits per heavy atom. The van der Waals surface area contributed by atoms with Crippen molar-refractivity contribution in [1.29, 1.82) is 0 Å². The average molecular weight is 147 g/mol. The molecule has 1 aliphatic heterocycles. The van der Waals surface area contributed by atoms with Gasteiger partial charge in [-0.15, -0.1) is 0 Å². The van der Waals surface area contributed by atoms with Crippen LogP contribution in [0.3, 0.4) is 0 Å². The van der Waals surface area contributed by atoms with Crippen LogP contribution in [-0.2, 0) is 4.79 Å². The second kappa shape index (κ2) is 1.33. The highest BCUT2D eigenvalue weighted by molar-refractivity contribution is 5.87. The highest BCUT2D eigenvalue weighted by Crippen LogP contribution is 2.58. The summed E-state index contributed by atoms with van der Waals surface area (Å²) >= 11 is 0. The Morgan fingerprint density at radius 1 is 1.40 bits per heavy atom. The fraction of sp³-hybridized carbons (Fsp3) is 0.833. The molecule has 0 bridgehead atoms. The van der Waals surface area contributed by atoms with E-state index in [0.29, 0.717) is 12.8 Å². The van der Waals surface area contributed by atoms with Crippen LogP contribution < -0.4 is 5.32 Å². The van der Waals surface area contributed by atoms with Crippen LogP contribution in [0, 0.1) is 5.41 Å². The van der Waals surface area contributed by atoms with Gasteiger partial charge in [0.1, 0.15) is 0 Å². The number of alkyl halides is 2. The first kappa shape index (κ1) is 6.07. The van der Waals surface area contributed by atoms with Gasteiger partial charge in [0.05, 0.1) is 5.41 Å². The molecule has 2 nitrogen and oxygen atoms in total. The van der Waals surface area contributed by atoms with Crippen molar-refractivity contribution in [2.45, 2.75) is 18.8 Å². The number of carbonyl (C=O) groups is 1. The van der Waals surface area contributed by atoms with Crippen LogP contribution in [0.2, 0.25) is 0 Å². The molecule has 0 aromatic heterocycles. The van der Waals surface area contributed by atoms with Gasteiger partial charge in [-0.25, -0.2) is 0 Å². The molecule has 2 fully saturated rings. The Kier molecular flexibility index (Phi) is 0.808. The van der Waals surface area contributed by atoms with E-state index in [0.717, 1.165) is 0 Å². The predicted octanol–water partition coefficient (Wildman–Crippen LogP) is 0.532. The van der Waals surface area contributed by atoms with Crippen LogP contribution >= 0.6 is 0 Å². The molecule has 1 aliphatic carbocycles. The summed E-state index contributed by atoms with van der Waals surface area (Å²) in [5.74, 6) is -4.18. The molecular weight excluding hydrogens is 140 g/mol. The summed E-state index contributed by atoms with van der Waals surface area (Å²) in [7, 11) is 0. The molecule has 0 aromatic carbocycles. The van der Waals surface area contributed by atoms with E-state index in [9.17, 15) is 13.6 Å². The van der Waals surface area contributed by atoms with Gasteiger partial charge in [-0.3, -0.25) is 4.79 Å². The minimum absolute atomic E-state index is 0.166. The molecule has 0 aromatic rings. The highest BCUT2D eigenvalue weighted by atomic mass is 19.3. The van der Waals surface area contributed by atoms with Gasteiger partial charge in [-0.05, 0) is 12.8 Å². The van der Waals surface area contributed by atoms with Crippen molar-refractivity contribution in [3.63, 3.8) is 0 Å². The second-order valence-corrected chi connectivity index (χ2v) is 3.04. The first-order valence-corrected chi connectivity index (χ1v) is 3.25. The average Bonchev–Trinajstić information content (AvgIpc) is 2.59. The first-order valence-electron chi connectivity index (χ1n) is 3.25. The van der Waals surface area contributed by atoms with Crippen LogP contribution in [0.1, 0.15) is 12.8 Å². The van der Waals surface area contributed by atoms with E-state index in [1.54, 1.807) is 0 Å². The minimum atomic E-state index is -3.09. The van der Waals surface area contributed by atoms with Gasteiger partial charge in [-0.1, -0.05) is 0 Å². The topological polar surface area (TPSA) is 29.1 Å². The van der Waals surface area contributed by atoms with Crippen molar-refractivity contribution in [2.24, 2.45) is 5.41 Å². The number of hydrogen-bond acceptors (Lipinski definition) is 1. The van der Waals surface area contributed by atoms with Gasteiger partial charge in [0.15, 0.2) is 0 Å². The summed E-state index contributed by atoms with van der Waals surface area (Å²) in [5, 5.41) is 2.17. The molecule has 0 atom stereocenters. The van der Waals surface area contributed by atoms with Crippen molar-refractivity contribution in [3.05, 3.63) is 0 Å². The first-order chi connectivity index (χ1) is 4.58. The molecule has 4 heteroatoms. The fourth-order valence-corrected chi connectivity index (χ4v) is 1.35. The highest BCUT2D eigenvalue weighted by Gasteiger charge is 2.69. The third-order valence-electron chi connectivity index (χ3n) is 2.39. The lowest BCUT2D eigenvalue weighted by Gasteiger charge is -2.12. The lowest BCUT2D eigenvalue weighted by atomic mass is 10.0. The molecule has 0 radical (unpaired) electrons. The molecule has 1 heterocycles. The maximum absolute atomic E-state index is 12.8. The maximum Gasteiger partial charge on any atom is 0.331 e. The largest absolute Gasteiger partial charge is 0.350 e. The molecular formula is C6H7F2NO. The van der Waals surface area contributed by atoms with E-state index in [-0.39, 0.29) is 6.54 Å². The SMILES string of the molecule is O=C1NCC2(CC2)C1(F)F. The molecule has 1 saturated heterocycles. The Balaban J connectivity index is 2.34. The smallest absolute Gasteiger partial charge is 0.331 e. The number of amides is 1. The molecule has 2 rings (SSSR count). The van der Waals surface area contributed by atoms with Gasteiger partial charge in [-0.2, -0.15) is 8.78 Å². The normalized spacial score (nSPS) is 32.4. The van der Waals surface area contributed by atoms with E-state index in [2.05, 4.69) is 5.32 Å². The quantitative estimate of drug-likeness (QED) is 0.532. The number of nitrogens with one attached hydrogen (secondary N) is 1. The summed E-state index contributed by atoms with van der Waals surface area (Å²) < 4.78 is 25.5. The monoisotopic (exact) mass is 147 g/mol. The summed E-state index contributed by atoms with van der Waals surface area (Å²) in [4.78, 5) is 10.5. The van der Waals surface area contributed by atoms with Crippen LogP contribution in [0.15, 0.2) is 0 Å². The Morgan fingerprint density at radius 3 is 2.20 bits per heavy atom. The van der Waals surface area contributed by atoms with Gasteiger partial charge in [0.2, 0.25) is 0 Å². The minimum Gasteiger partial charge on any atom is -0.350 e. The number of carbonyl (C=O) groups excluding carboxylic acids is 1. The molecule has 1 N–H and O–H groups in total. The summed E-state index contributed by atoms with van der Waals surface area (Å²) in [6.07, 6.45) is 0.970. The van der Waals surface area contributed by atoms with Crippen molar-refractivity contribution < 1.29 is 13.6 Å². The van der Waals surface area contributed by atoms with Crippen molar-refractivity contribution in [2.75, 3.05) is 6.54 Å². The zero-order valence-electron chi connectivity index (χ0n) is 5.29. The van der Waals surface area contributed by atoms with E-state index >= 15 is 0 Å². The van der Waals surface area contributed by atoms with Gasteiger partial charge in [0, 0.05) is 6.54 Å². The lowest BCUT2D eigenvalue weighted by Crippen LogP contribution is -2.33. The molecule has 10 heavy (non-hydrogen) atoms.